The lowest BCUT2D eigenvalue weighted by molar-refractivity contribution is -0.143. The number of carboxylic acid groups (broad SMARTS) is 1. The third-order valence-electron chi connectivity index (χ3n) is 4.13. The molecule has 120 valence electrons. The molecule has 1 aromatic carbocycles. The van der Waals surface area contributed by atoms with Crippen LogP contribution in [0.3, 0.4) is 0 Å². The molecule has 0 radical (unpaired) electrons. The van der Waals surface area contributed by atoms with Crippen molar-refractivity contribution in [2.45, 2.75) is 19.4 Å². The molecule has 1 aliphatic rings. The van der Waals surface area contributed by atoms with E-state index in [-0.39, 0.29) is 12.5 Å². The predicted molar refractivity (Wildman–Crippen MR) is 84.0 cm³/mol. The number of amides is 1. The molecular formula is C17H19N3O3. The van der Waals surface area contributed by atoms with Crippen molar-refractivity contribution in [1.82, 2.24) is 14.7 Å². The van der Waals surface area contributed by atoms with Crippen LogP contribution in [0.25, 0.3) is 0 Å². The van der Waals surface area contributed by atoms with Crippen LogP contribution in [0.5, 0.6) is 0 Å². The van der Waals surface area contributed by atoms with Gasteiger partial charge in [-0.05, 0) is 18.4 Å². The van der Waals surface area contributed by atoms with E-state index in [0.29, 0.717) is 25.1 Å². The fourth-order valence-electron chi connectivity index (χ4n) is 2.88. The van der Waals surface area contributed by atoms with Crippen LogP contribution in [0, 0.1) is 5.92 Å². The van der Waals surface area contributed by atoms with Crippen LogP contribution in [0.1, 0.15) is 28.8 Å². The van der Waals surface area contributed by atoms with Crippen LogP contribution in [-0.4, -0.2) is 44.8 Å². The van der Waals surface area contributed by atoms with E-state index >= 15 is 0 Å². The van der Waals surface area contributed by atoms with E-state index in [1.165, 1.54) is 0 Å². The zero-order chi connectivity index (χ0) is 16.2. The van der Waals surface area contributed by atoms with Crippen molar-refractivity contribution in [2.24, 2.45) is 5.92 Å². The lowest BCUT2D eigenvalue weighted by Crippen LogP contribution is -2.42. The summed E-state index contributed by atoms with van der Waals surface area (Å²) >= 11 is 0. The lowest BCUT2D eigenvalue weighted by Gasteiger charge is -2.30. The Labute approximate surface area is 134 Å². The summed E-state index contributed by atoms with van der Waals surface area (Å²) < 4.78 is 1.72. The number of carbonyl (C=O) groups excluding carboxylic acids is 1. The Hall–Kier alpha value is -2.63. The molecule has 1 fully saturated rings. The Bertz CT molecular complexity index is 696. The molecule has 1 aromatic heterocycles. The van der Waals surface area contributed by atoms with Crippen LogP contribution in [0.2, 0.25) is 0 Å². The minimum Gasteiger partial charge on any atom is -0.481 e. The zero-order valence-corrected chi connectivity index (χ0v) is 12.8. The smallest absolute Gasteiger partial charge is 0.308 e. The summed E-state index contributed by atoms with van der Waals surface area (Å²) in [6.45, 7) is 1.48. The molecule has 1 N–H and O–H groups in total. The summed E-state index contributed by atoms with van der Waals surface area (Å²) in [6, 6.07) is 9.89. The summed E-state index contributed by atoms with van der Waals surface area (Å²) in [4.78, 5) is 25.2. The van der Waals surface area contributed by atoms with Crippen molar-refractivity contribution < 1.29 is 14.7 Å². The van der Waals surface area contributed by atoms with Gasteiger partial charge in [0, 0.05) is 19.3 Å². The Morgan fingerprint density at radius 2 is 2.04 bits per heavy atom. The first-order chi connectivity index (χ1) is 11.1. The number of carboxylic acids is 1. The third kappa shape index (κ3) is 3.59. The predicted octanol–water partition coefficient (Wildman–Crippen LogP) is 1.87. The molecule has 2 aromatic rings. The zero-order valence-electron chi connectivity index (χ0n) is 12.8. The van der Waals surface area contributed by atoms with Crippen LogP contribution in [-0.2, 0) is 11.3 Å². The van der Waals surface area contributed by atoms with E-state index in [9.17, 15) is 9.59 Å². The van der Waals surface area contributed by atoms with E-state index in [4.69, 9.17) is 5.11 Å². The topological polar surface area (TPSA) is 75.4 Å². The first-order valence-electron chi connectivity index (χ1n) is 7.72. The van der Waals surface area contributed by atoms with Gasteiger partial charge >= 0.3 is 5.97 Å². The number of hydrogen-bond donors (Lipinski definition) is 1. The van der Waals surface area contributed by atoms with Gasteiger partial charge in [0.15, 0.2) is 0 Å². The normalized spacial score (nSPS) is 17.9. The fourth-order valence-corrected chi connectivity index (χ4v) is 2.88. The second-order valence-corrected chi connectivity index (χ2v) is 5.84. The number of aromatic nitrogens is 2. The molecule has 1 amide bonds. The van der Waals surface area contributed by atoms with Crippen molar-refractivity contribution in [2.75, 3.05) is 13.1 Å². The van der Waals surface area contributed by atoms with E-state index < -0.39 is 11.9 Å². The number of carbonyl (C=O) groups is 2. The SMILES string of the molecule is O=C(O)[C@@H]1CCCN(C(=O)c2cnn(Cc3ccccc3)c2)C1. The Balaban J connectivity index is 1.67. The summed E-state index contributed by atoms with van der Waals surface area (Å²) in [5, 5.41) is 13.4. The first kappa shape index (κ1) is 15.3. The highest BCUT2D eigenvalue weighted by Crippen LogP contribution is 2.18. The average Bonchev–Trinajstić information content (AvgIpc) is 3.03. The maximum absolute atomic E-state index is 12.5. The highest BCUT2D eigenvalue weighted by atomic mass is 16.4. The van der Waals surface area contributed by atoms with Crippen molar-refractivity contribution in [3.63, 3.8) is 0 Å². The number of nitrogens with zero attached hydrogens (tertiary/aromatic N) is 3. The first-order valence-corrected chi connectivity index (χ1v) is 7.72. The lowest BCUT2D eigenvalue weighted by atomic mass is 9.98. The van der Waals surface area contributed by atoms with Crippen LogP contribution >= 0.6 is 0 Å². The maximum atomic E-state index is 12.5. The summed E-state index contributed by atoms with van der Waals surface area (Å²) in [6.07, 6.45) is 4.63. The Morgan fingerprint density at radius 1 is 1.26 bits per heavy atom. The summed E-state index contributed by atoms with van der Waals surface area (Å²) in [7, 11) is 0. The molecule has 1 aliphatic heterocycles. The second-order valence-electron chi connectivity index (χ2n) is 5.84. The van der Waals surface area contributed by atoms with Crippen molar-refractivity contribution in [3.8, 4) is 0 Å². The van der Waals surface area contributed by atoms with Crippen LogP contribution < -0.4 is 0 Å². The third-order valence-corrected chi connectivity index (χ3v) is 4.13. The maximum Gasteiger partial charge on any atom is 0.308 e. The highest BCUT2D eigenvalue weighted by molar-refractivity contribution is 5.94. The van der Waals surface area contributed by atoms with Gasteiger partial charge in [0.2, 0.25) is 0 Å². The quantitative estimate of drug-likeness (QED) is 0.935. The molecule has 0 bridgehead atoms. The second kappa shape index (κ2) is 6.64. The van der Waals surface area contributed by atoms with Crippen molar-refractivity contribution in [1.29, 1.82) is 0 Å². The monoisotopic (exact) mass is 313 g/mol. The molecule has 23 heavy (non-hydrogen) atoms. The van der Waals surface area contributed by atoms with E-state index in [1.54, 1.807) is 22.0 Å². The molecule has 0 spiro atoms. The van der Waals surface area contributed by atoms with Gasteiger partial charge < -0.3 is 10.0 Å². The number of rotatable bonds is 4. The van der Waals surface area contributed by atoms with Gasteiger partial charge in [-0.2, -0.15) is 5.10 Å². The Morgan fingerprint density at radius 3 is 2.78 bits per heavy atom. The number of aliphatic carboxylic acids is 1. The minimum atomic E-state index is -0.831. The molecule has 6 nitrogen and oxygen atoms in total. The molecule has 0 unspecified atom stereocenters. The standard InChI is InChI=1S/C17H19N3O3/c21-16(19-8-4-7-14(11-19)17(22)23)15-9-18-20(12-15)10-13-5-2-1-3-6-13/h1-3,5-6,9,12,14H,4,7-8,10-11H2,(H,22,23)/t14-/m1/s1. The number of likely N-dealkylation sites (tertiary alicyclic amines) is 1. The number of benzene rings is 1. The molecule has 1 saturated heterocycles. The van der Waals surface area contributed by atoms with Crippen molar-refractivity contribution >= 4 is 11.9 Å². The summed E-state index contributed by atoms with van der Waals surface area (Å²) in [5.41, 5.74) is 1.62. The van der Waals surface area contributed by atoms with Crippen molar-refractivity contribution in [3.05, 3.63) is 53.9 Å². The van der Waals surface area contributed by atoms with Gasteiger partial charge in [-0.3, -0.25) is 14.3 Å². The van der Waals surface area contributed by atoms with Gasteiger partial charge in [-0.25, -0.2) is 0 Å². The molecule has 0 aliphatic carbocycles. The van der Waals surface area contributed by atoms with Gasteiger partial charge in [0.1, 0.15) is 0 Å². The van der Waals surface area contributed by atoms with E-state index in [1.807, 2.05) is 30.3 Å². The molecule has 0 saturated carbocycles. The molecule has 3 rings (SSSR count). The Kier molecular flexibility index (Phi) is 4.41. The van der Waals surface area contributed by atoms with Gasteiger partial charge in [0.25, 0.3) is 5.91 Å². The fraction of sp³-hybridized carbons (Fsp3) is 0.353. The molecule has 1 atom stereocenters. The highest BCUT2D eigenvalue weighted by Gasteiger charge is 2.29. The van der Waals surface area contributed by atoms with Crippen LogP contribution in [0.4, 0.5) is 0 Å². The van der Waals surface area contributed by atoms with Gasteiger partial charge in [-0.15, -0.1) is 0 Å². The minimum absolute atomic E-state index is 0.143. The number of piperidine rings is 1. The van der Waals surface area contributed by atoms with E-state index in [0.717, 1.165) is 12.0 Å². The van der Waals surface area contributed by atoms with E-state index in [2.05, 4.69) is 5.10 Å². The van der Waals surface area contributed by atoms with Gasteiger partial charge in [-0.1, -0.05) is 30.3 Å². The molecular weight excluding hydrogens is 294 g/mol. The summed E-state index contributed by atoms with van der Waals surface area (Å²) in [5.74, 6) is -1.44. The largest absolute Gasteiger partial charge is 0.481 e. The molecule has 2 heterocycles. The average molecular weight is 313 g/mol. The number of hydrogen-bond acceptors (Lipinski definition) is 3. The van der Waals surface area contributed by atoms with Crippen LogP contribution in [0.15, 0.2) is 42.7 Å². The van der Waals surface area contributed by atoms with Gasteiger partial charge in [0.05, 0.1) is 24.2 Å². The molecule has 6 heteroatoms.